The number of amides is 1. The number of carbonyl (C=O) groups excluding carboxylic acids is 1. The molecule has 0 bridgehead atoms. The number of carbonyl (C=O) groups is 1. The fraction of sp³-hybridized carbons (Fsp3) is 0.143. The molecule has 1 N–H and O–H groups in total. The van der Waals surface area contributed by atoms with E-state index < -0.39 is 17.6 Å². The summed E-state index contributed by atoms with van der Waals surface area (Å²) in [7, 11) is 0. The van der Waals surface area contributed by atoms with E-state index in [0.717, 1.165) is 29.8 Å². The average molecular weight is 315 g/mol. The summed E-state index contributed by atoms with van der Waals surface area (Å²) in [6, 6.07) is 5.54. The zero-order chi connectivity index (χ0) is 15.6. The Balaban J connectivity index is 2.19. The Morgan fingerprint density at radius 3 is 2.43 bits per heavy atom. The first-order chi connectivity index (χ1) is 9.77. The van der Waals surface area contributed by atoms with E-state index in [-0.39, 0.29) is 10.7 Å². The molecule has 0 aliphatic carbocycles. The SMILES string of the molecule is Cc1cnc(Cl)c(NC(=O)c2ccc(C(F)(F)F)cc2)c1. The Morgan fingerprint density at radius 1 is 1.24 bits per heavy atom. The fourth-order valence-electron chi connectivity index (χ4n) is 1.65. The van der Waals surface area contributed by atoms with Crippen LogP contribution in [0.1, 0.15) is 21.5 Å². The van der Waals surface area contributed by atoms with Crippen LogP contribution in [-0.2, 0) is 6.18 Å². The van der Waals surface area contributed by atoms with Crippen molar-refractivity contribution in [3.05, 3.63) is 58.4 Å². The van der Waals surface area contributed by atoms with E-state index in [1.54, 1.807) is 13.0 Å². The number of anilines is 1. The maximum atomic E-state index is 12.4. The number of benzene rings is 1. The van der Waals surface area contributed by atoms with Gasteiger partial charge in [-0.05, 0) is 42.8 Å². The minimum atomic E-state index is -4.43. The molecule has 1 aromatic carbocycles. The van der Waals surface area contributed by atoms with E-state index in [2.05, 4.69) is 10.3 Å². The lowest BCUT2D eigenvalue weighted by Crippen LogP contribution is -2.13. The predicted octanol–water partition coefficient (Wildman–Crippen LogP) is 4.31. The van der Waals surface area contributed by atoms with Crippen molar-refractivity contribution < 1.29 is 18.0 Å². The highest BCUT2D eigenvalue weighted by atomic mass is 35.5. The molecule has 2 rings (SSSR count). The van der Waals surface area contributed by atoms with Gasteiger partial charge in [-0.15, -0.1) is 0 Å². The Hall–Kier alpha value is -2.08. The summed E-state index contributed by atoms with van der Waals surface area (Å²) in [5.41, 5.74) is 0.388. The van der Waals surface area contributed by atoms with Crippen molar-refractivity contribution in [1.82, 2.24) is 4.98 Å². The van der Waals surface area contributed by atoms with Crippen molar-refractivity contribution in [2.75, 3.05) is 5.32 Å². The largest absolute Gasteiger partial charge is 0.416 e. The highest BCUT2D eigenvalue weighted by Gasteiger charge is 2.30. The molecule has 0 radical (unpaired) electrons. The Labute approximate surface area is 123 Å². The number of aromatic nitrogens is 1. The minimum absolute atomic E-state index is 0.0978. The van der Waals surface area contributed by atoms with Gasteiger partial charge in [0, 0.05) is 11.8 Å². The van der Waals surface area contributed by atoms with Crippen LogP contribution in [0.15, 0.2) is 36.5 Å². The van der Waals surface area contributed by atoms with E-state index in [0.29, 0.717) is 5.69 Å². The van der Waals surface area contributed by atoms with E-state index in [9.17, 15) is 18.0 Å². The molecule has 0 atom stereocenters. The van der Waals surface area contributed by atoms with Crippen molar-refractivity contribution in [3.8, 4) is 0 Å². The maximum absolute atomic E-state index is 12.4. The topological polar surface area (TPSA) is 42.0 Å². The third-order valence-electron chi connectivity index (χ3n) is 2.70. The van der Waals surface area contributed by atoms with E-state index in [1.807, 2.05) is 0 Å². The van der Waals surface area contributed by atoms with Crippen LogP contribution in [0.25, 0.3) is 0 Å². The van der Waals surface area contributed by atoms with Crippen LogP contribution < -0.4 is 5.32 Å². The normalized spacial score (nSPS) is 11.3. The van der Waals surface area contributed by atoms with Crippen molar-refractivity contribution in [2.45, 2.75) is 13.1 Å². The van der Waals surface area contributed by atoms with E-state index >= 15 is 0 Å². The minimum Gasteiger partial charge on any atom is -0.319 e. The summed E-state index contributed by atoms with van der Waals surface area (Å²) in [6.07, 6.45) is -2.89. The van der Waals surface area contributed by atoms with E-state index in [1.165, 1.54) is 6.20 Å². The molecule has 110 valence electrons. The third-order valence-corrected chi connectivity index (χ3v) is 3.00. The third kappa shape index (κ3) is 3.72. The summed E-state index contributed by atoms with van der Waals surface area (Å²) < 4.78 is 37.3. The first kappa shape index (κ1) is 15.3. The van der Waals surface area contributed by atoms with Crippen molar-refractivity contribution >= 4 is 23.2 Å². The zero-order valence-electron chi connectivity index (χ0n) is 10.8. The molecule has 1 heterocycles. The van der Waals surface area contributed by atoms with Gasteiger partial charge in [0.1, 0.15) is 0 Å². The molecule has 7 heteroatoms. The number of hydrogen-bond acceptors (Lipinski definition) is 2. The molecule has 0 aliphatic rings. The number of alkyl halides is 3. The number of pyridine rings is 1. The molecular formula is C14H10ClF3N2O. The number of nitrogens with one attached hydrogen (secondary N) is 1. The fourth-order valence-corrected chi connectivity index (χ4v) is 1.80. The van der Waals surface area contributed by atoms with Crippen LogP contribution in [0.3, 0.4) is 0 Å². The van der Waals surface area contributed by atoms with Crippen LogP contribution >= 0.6 is 11.6 Å². The monoisotopic (exact) mass is 314 g/mol. The molecule has 0 spiro atoms. The molecule has 1 aromatic heterocycles. The number of rotatable bonds is 2. The summed E-state index contributed by atoms with van der Waals surface area (Å²) in [6.45, 7) is 1.77. The number of nitrogens with zero attached hydrogens (tertiary/aromatic N) is 1. The molecule has 21 heavy (non-hydrogen) atoms. The highest BCUT2D eigenvalue weighted by molar-refractivity contribution is 6.32. The van der Waals surface area contributed by atoms with Gasteiger partial charge < -0.3 is 5.32 Å². The van der Waals surface area contributed by atoms with Crippen molar-refractivity contribution in [2.24, 2.45) is 0 Å². The molecule has 2 aromatic rings. The maximum Gasteiger partial charge on any atom is 0.416 e. The van der Waals surface area contributed by atoms with Gasteiger partial charge >= 0.3 is 6.18 Å². The summed E-state index contributed by atoms with van der Waals surface area (Å²) in [4.78, 5) is 15.8. The molecule has 1 amide bonds. The van der Waals surface area contributed by atoms with Gasteiger partial charge in [0.05, 0.1) is 11.3 Å². The lowest BCUT2D eigenvalue weighted by molar-refractivity contribution is -0.137. The van der Waals surface area contributed by atoms with Crippen LogP contribution in [0, 0.1) is 6.92 Å². The first-order valence-corrected chi connectivity index (χ1v) is 6.26. The standard InChI is InChI=1S/C14H10ClF3N2O/c1-8-6-11(12(15)19-7-8)20-13(21)9-2-4-10(5-3-9)14(16,17)18/h2-7H,1H3,(H,20,21). The molecule has 3 nitrogen and oxygen atoms in total. The number of halogens is 4. The zero-order valence-corrected chi connectivity index (χ0v) is 11.6. The lowest BCUT2D eigenvalue weighted by atomic mass is 10.1. The van der Waals surface area contributed by atoms with Gasteiger partial charge in [0.2, 0.25) is 0 Å². The van der Waals surface area contributed by atoms with Gasteiger partial charge in [-0.25, -0.2) is 4.98 Å². The first-order valence-electron chi connectivity index (χ1n) is 5.88. The summed E-state index contributed by atoms with van der Waals surface area (Å²) >= 11 is 5.84. The molecule has 0 fully saturated rings. The van der Waals surface area contributed by atoms with Crippen LogP contribution in [0.4, 0.5) is 18.9 Å². The second-order valence-corrected chi connectivity index (χ2v) is 4.74. The highest BCUT2D eigenvalue weighted by Crippen LogP contribution is 2.29. The second-order valence-electron chi connectivity index (χ2n) is 4.38. The van der Waals surface area contributed by atoms with Gasteiger partial charge in [0.15, 0.2) is 5.15 Å². The van der Waals surface area contributed by atoms with Crippen molar-refractivity contribution in [3.63, 3.8) is 0 Å². The predicted molar refractivity (Wildman–Crippen MR) is 73.4 cm³/mol. The lowest BCUT2D eigenvalue weighted by Gasteiger charge is -2.09. The summed E-state index contributed by atoms with van der Waals surface area (Å²) in [5, 5.41) is 2.62. The molecular weight excluding hydrogens is 305 g/mol. The molecule has 0 aliphatic heterocycles. The number of hydrogen-bond donors (Lipinski definition) is 1. The van der Waals surface area contributed by atoms with Crippen molar-refractivity contribution in [1.29, 1.82) is 0 Å². The smallest absolute Gasteiger partial charge is 0.319 e. The van der Waals surface area contributed by atoms with Crippen LogP contribution in [-0.4, -0.2) is 10.9 Å². The molecule has 0 saturated carbocycles. The van der Waals surface area contributed by atoms with Gasteiger partial charge in [-0.2, -0.15) is 13.2 Å². The molecule has 0 unspecified atom stereocenters. The molecule has 0 saturated heterocycles. The Kier molecular flexibility index (Phi) is 4.18. The second kappa shape index (κ2) is 5.73. The van der Waals surface area contributed by atoms with Crippen LogP contribution in [0.5, 0.6) is 0 Å². The van der Waals surface area contributed by atoms with Crippen LogP contribution in [0.2, 0.25) is 5.15 Å². The average Bonchev–Trinajstić information content (AvgIpc) is 2.42. The number of aryl methyl sites for hydroxylation is 1. The van der Waals surface area contributed by atoms with E-state index in [4.69, 9.17) is 11.6 Å². The summed E-state index contributed by atoms with van der Waals surface area (Å²) in [5.74, 6) is -0.557. The van der Waals surface area contributed by atoms with Gasteiger partial charge in [0.25, 0.3) is 5.91 Å². The van der Waals surface area contributed by atoms with Gasteiger partial charge in [-0.3, -0.25) is 4.79 Å². The quantitative estimate of drug-likeness (QED) is 0.839. The Bertz CT molecular complexity index is 669. The van der Waals surface area contributed by atoms with Gasteiger partial charge in [-0.1, -0.05) is 11.6 Å². The Morgan fingerprint density at radius 2 is 1.86 bits per heavy atom.